The van der Waals surface area contributed by atoms with E-state index in [1.165, 1.54) is 0 Å². The van der Waals surface area contributed by atoms with Crippen molar-refractivity contribution >= 4 is 11.8 Å². The van der Waals surface area contributed by atoms with E-state index in [4.69, 9.17) is 9.47 Å². The molecule has 0 radical (unpaired) electrons. The molecule has 30 heavy (non-hydrogen) atoms. The molecule has 6 heteroatoms. The summed E-state index contributed by atoms with van der Waals surface area (Å²) in [5.74, 6) is 1.08. The van der Waals surface area contributed by atoms with Crippen molar-refractivity contribution in [1.29, 1.82) is 0 Å². The van der Waals surface area contributed by atoms with Crippen LogP contribution in [0.25, 0.3) is 0 Å². The molecule has 0 fully saturated rings. The van der Waals surface area contributed by atoms with Crippen molar-refractivity contribution in [2.24, 2.45) is 5.92 Å². The van der Waals surface area contributed by atoms with Crippen LogP contribution in [0, 0.1) is 5.92 Å². The maximum Gasteiger partial charge on any atom is 0.251 e. The van der Waals surface area contributed by atoms with Crippen molar-refractivity contribution in [1.82, 2.24) is 10.2 Å². The standard InChI is InChI=1S/C24H30N2O4/c1-4-17(3)21(25-23(27)18-10-7-6-8-11-18)24(28)26(5-2)16-19-12-9-13-20-22(19)30-15-14-29-20/h6-13,17,21H,4-5,14-16H2,1-3H3,(H,25,27). The largest absolute Gasteiger partial charge is 0.486 e. The number of nitrogens with zero attached hydrogens (tertiary/aromatic N) is 1. The average Bonchev–Trinajstić information content (AvgIpc) is 2.80. The molecule has 0 aromatic heterocycles. The minimum Gasteiger partial charge on any atom is -0.486 e. The highest BCUT2D eigenvalue weighted by Crippen LogP contribution is 2.34. The van der Waals surface area contributed by atoms with E-state index in [0.717, 1.165) is 12.0 Å². The molecule has 2 aromatic rings. The third-order valence-corrected chi connectivity index (χ3v) is 5.50. The lowest BCUT2D eigenvalue weighted by atomic mass is 9.97. The lowest BCUT2D eigenvalue weighted by molar-refractivity contribution is -0.135. The summed E-state index contributed by atoms with van der Waals surface area (Å²) in [6.45, 7) is 7.89. The van der Waals surface area contributed by atoms with Crippen LogP contribution in [0.4, 0.5) is 0 Å². The highest BCUT2D eigenvalue weighted by atomic mass is 16.6. The summed E-state index contributed by atoms with van der Waals surface area (Å²) in [5.41, 5.74) is 1.45. The van der Waals surface area contributed by atoms with Crippen LogP contribution in [0.2, 0.25) is 0 Å². The number of hydrogen-bond donors (Lipinski definition) is 1. The first kappa shape index (κ1) is 21.7. The fraction of sp³-hybridized carbons (Fsp3) is 0.417. The van der Waals surface area contributed by atoms with Crippen LogP contribution in [0.5, 0.6) is 11.5 Å². The lowest BCUT2D eigenvalue weighted by Crippen LogP contribution is -2.51. The number of carbonyl (C=O) groups excluding carboxylic acids is 2. The third-order valence-electron chi connectivity index (χ3n) is 5.50. The van der Waals surface area contributed by atoms with Crippen LogP contribution >= 0.6 is 0 Å². The summed E-state index contributed by atoms with van der Waals surface area (Å²) in [6.07, 6.45) is 0.778. The van der Waals surface area contributed by atoms with Gasteiger partial charge < -0.3 is 19.7 Å². The Bertz CT molecular complexity index is 869. The van der Waals surface area contributed by atoms with Gasteiger partial charge in [-0.1, -0.05) is 50.6 Å². The van der Waals surface area contributed by atoms with E-state index in [1.807, 2.05) is 57.2 Å². The molecular weight excluding hydrogens is 380 g/mol. The Morgan fingerprint density at radius 1 is 1.03 bits per heavy atom. The zero-order chi connectivity index (χ0) is 21.5. The zero-order valence-electron chi connectivity index (χ0n) is 17.9. The number of ether oxygens (including phenoxy) is 2. The second kappa shape index (κ2) is 10.1. The van der Waals surface area contributed by atoms with E-state index < -0.39 is 6.04 Å². The highest BCUT2D eigenvalue weighted by Gasteiger charge is 2.30. The molecule has 0 spiro atoms. The summed E-state index contributed by atoms with van der Waals surface area (Å²) in [6, 6.07) is 14.1. The number of benzene rings is 2. The first-order chi connectivity index (χ1) is 14.5. The summed E-state index contributed by atoms with van der Waals surface area (Å²) in [7, 11) is 0. The van der Waals surface area contributed by atoms with Gasteiger partial charge in [-0.2, -0.15) is 0 Å². The van der Waals surface area contributed by atoms with E-state index in [0.29, 0.717) is 43.4 Å². The monoisotopic (exact) mass is 410 g/mol. The number of hydrogen-bond acceptors (Lipinski definition) is 4. The second-order valence-corrected chi connectivity index (χ2v) is 7.50. The van der Waals surface area contributed by atoms with Gasteiger partial charge in [0.1, 0.15) is 19.3 Å². The molecule has 0 saturated carbocycles. The molecule has 2 atom stereocenters. The van der Waals surface area contributed by atoms with Crippen molar-refractivity contribution in [3.8, 4) is 11.5 Å². The van der Waals surface area contributed by atoms with E-state index in [-0.39, 0.29) is 17.7 Å². The molecular formula is C24H30N2O4. The molecule has 2 amide bonds. The van der Waals surface area contributed by atoms with Crippen LogP contribution in [0.1, 0.15) is 43.1 Å². The molecule has 1 aliphatic heterocycles. The molecule has 0 aliphatic carbocycles. The van der Waals surface area contributed by atoms with E-state index in [9.17, 15) is 9.59 Å². The van der Waals surface area contributed by atoms with Crippen molar-refractivity contribution < 1.29 is 19.1 Å². The first-order valence-electron chi connectivity index (χ1n) is 10.6. The molecule has 3 rings (SSSR count). The fourth-order valence-electron chi connectivity index (χ4n) is 3.50. The quantitative estimate of drug-likeness (QED) is 0.721. The van der Waals surface area contributed by atoms with Crippen molar-refractivity contribution in [2.75, 3.05) is 19.8 Å². The Balaban J connectivity index is 1.79. The number of rotatable bonds is 8. The number of nitrogens with one attached hydrogen (secondary N) is 1. The van der Waals surface area contributed by atoms with E-state index >= 15 is 0 Å². The van der Waals surface area contributed by atoms with Gasteiger partial charge in [0.2, 0.25) is 5.91 Å². The van der Waals surface area contributed by atoms with Gasteiger partial charge in [-0.15, -0.1) is 0 Å². The van der Waals surface area contributed by atoms with Crippen LogP contribution in [-0.4, -0.2) is 42.5 Å². The Hall–Kier alpha value is -3.02. The number of carbonyl (C=O) groups is 2. The Morgan fingerprint density at radius 2 is 1.77 bits per heavy atom. The highest BCUT2D eigenvalue weighted by molar-refractivity contribution is 5.97. The van der Waals surface area contributed by atoms with Gasteiger partial charge in [-0.05, 0) is 31.0 Å². The van der Waals surface area contributed by atoms with Crippen LogP contribution in [0.15, 0.2) is 48.5 Å². The topological polar surface area (TPSA) is 67.9 Å². The van der Waals surface area contributed by atoms with Gasteiger partial charge in [0.25, 0.3) is 5.91 Å². The summed E-state index contributed by atoms with van der Waals surface area (Å²) in [5, 5.41) is 2.96. The molecule has 0 saturated heterocycles. The molecule has 0 bridgehead atoms. The molecule has 6 nitrogen and oxygen atoms in total. The second-order valence-electron chi connectivity index (χ2n) is 7.50. The average molecular weight is 411 g/mol. The van der Waals surface area contributed by atoms with Crippen LogP contribution < -0.4 is 14.8 Å². The van der Waals surface area contributed by atoms with Crippen molar-refractivity contribution in [3.63, 3.8) is 0 Å². The molecule has 2 aromatic carbocycles. The smallest absolute Gasteiger partial charge is 0.251 e. The van der Waals surface area contributed by atoms with Crippen LogP contribution in [-0.2, 0) is 11.3 Å². The van der Waals surface area contributed by atoms with Gasteiger partial charge in [0.15, 0.2) is 11.5 Å². The van der Waals surface area contributed by atoms with Gasteiger partial charge in [-0.3, -0.25) is 9.59 Å². The Morgan fingerprint density at radius 3 is 2.47 bits per heavy atom. The minimum absolute atomic E-state index is 0.00323. The van der Waals surface area contributed by atoms with Gasteiger partial charge in [0, 0.05) is 24.2 Å². The first-order valence-corrected chi connectivity index (χ1v) is 10.6. The number of fused-ring (bicyclic) bond motifs is 1. The molecule has 1 N–H and O–H groups in total. The Labute approximate surface area is 178 Å². The maximum atomic E-state index is 13.5. The van der Waals surface area contributed by atoms with Crippen molar-refractivity contribution in [3.05, 3.63) is 59.7 Å². The summed E-state index contributed by atoms with van der Waals surface area (Å²) in [4.78, 5) is 27.9. The van der Waals surface area contributed by atoms with Crippen LogP contribution in [0.3, 0.4) is 0 Å². The fourth-order valence-corrected chi connectivity index (χ4v) is 3.50. The van der Waals surface area contributed by atoms with Gasteiger partial charge in [0.05, 0.1) is 0 Å². The molecule has 160 valence electrons. The van der Waals surface area contributed by atoms with E-state index in [2.05, 4.69) is 5.32 Å². The zero-order valence-corrected chi connectivity index (χ0v) is 17.9. The van der Waals surface area contributed by atoms with Crippen molar-refractivity contribution in [2.45, 2.75) is 39.8 Å². The van der Waals surface area contributed by atoms with Gasteiger partial charge in [-0.25, -0.2) is 0 Å². The Kier molecular flexibility index (Phi) is 7.33. The number of likely N-dealkylation sites (N-methyl/N-ethyl adjacent to an activating group) is 1. The minimum atomic E-state index is -0.598. The molecule has 1 aliphatic rings. The SMILES string of the molecule is CCC(C)C(NC(=O)c1ccccc1)C(=O)N(CC)Cc1cccc2c1OCCO2. The maximum absolute atomic E-state index is 13.5. The van der Waals surface area contributed by atoms with E-state index in [1.54, 1.807) is 17.0 Å². The number of amides is 2. The summed E-state index contributed by atoms with van der Waals surface area (Å²) >= 11 is 0. The predicted molar refractivity (Wildman–Crippen MR) is 116 cm³/mol. The lowest BCUT2D eigenvalue weighted by Gasteiger charge is -2.31. The molecule has 2 unspecified atom stereocenters. The number of para-hydroxylation sites is 1. The molecule has 1 heterocycles. The third kappa shape index (κ3) is 4.93. The van der Waals surface area contributed by atoms with Gasteiger partial charge >= 0.3 is 0 Å². The normalized spacial score (nSPS) is 14.5. The summed E-state index contributed by atoms with van der Waals surface area (Å²) < 4.78 is 11.5. The predicted octanol–water partition coefficient (Wildman–Crippen LogP) is 3.65.